The normalized spacial score (nSPS) is 14.6. The van der Waals surface area contributed by atoms with Gasteiger partial charge in [-0.1, -0.05) is 24.3 Å². The molecule has 11 heteroatoms. The molecular formula is C19H15F6N3O2. The minimum atomic E-state index is -4.92. The third-order valence-electron chi connectivity index (χ3n) is 4.24. The Labute approximate surface area is 166 Å². The summed E-state index contributed by atoms with van der Waals surface area (Å²) in [6, 6.07) is 9.88. The fourth-order valence-electron chi connectivity index (χ4n) is 3.05. The van der Waals surface area contributed by atoms with Crippen molar-refractivity contribution < 1.29 is 35.8 Å². The number of alkyl halides is 6. The zero-order valence-electron chi connectivity index (χ0n) is 15.2. The van der Waals surface area contributed by atoms with Gasteiger partial charge in [-0.25, -0.2) is 4.99 Å². The lowest BCUT2D eigenvalue weighted by atomic mass is 9.79. The molecule has 0 aromatic heterocycles. The van der Waals surface area contributed by atoms with Crippen molar-refractivity contribution in [2.75, 3.05) is 6.54 Å². The molecule has 5 nitrogen and oxygen atoms in total. The number of ether oxygens (including phenoxy) is 2. The third kappa shape index (κ3) is 5.50. The Morgan fingerprint density at radius 2 is 1.33 bits per heavy atom. The summed E-state index contributed by atoms with van der Waals surface area (Å²) in [6.45, 7) is 0.219. The SMILES string of the molecule is NC(CC1=NC=NC1)(c1cccc(OC(F)(F)F)c1)c1cccc(OC(F)(F)F)c1. The molecule has 2 aromatic carbocycles. The quantitative estimate of drug-likeness (QED) is 0.682. The molecule has 0 atom stereocenters. The topological polar surface area (TPSA) is 69.2 Å². The van der Waals surface area contributed by atoms with Crippen molar-refractivity contribution in [2.24, 2.45) is 15.7 Å². The van der Waals surface area contributed by atoms with E-state index in [0.717, 1.165) is 24.3 Å². The van der Waals surface area contributed by atoms with Crippen LogP contribution in [0.2, 0.25) is 0 Å². The van der Waals surface area contributed by atoms with Crippen LogP contribution in [0.4, 0.5) is 26.3 Å². The number of nitrogens with zero attached hydrogens (tertiary/aromatic N) is 2. The van der Waals surface area contributed by atoms with E-state index in [9.17, 15) is 26.3 Å². The molecule has 0 unspecified atom stereocenters. The monoisotopic (exact) mass is 431 g/mol. The number of rotatable bonds is 6. The lowest BCUT2D eigenvalue weighted by Crippen LogP contribution is -2.40. The first kappa shape index (κ1) is 21.6. The van der Waals surface area contributed by atoms with Gasteiger partial charge in [-0.2, -0.15) is 0 Å². The number of nitrogens with two attached hydrogens (primary N) is 1. The van der Waals surface area contributed by atoms with Crippen molar-refractivity contribution in [2.45, 2.75) is 24.7 Å². The number of hydrogen-bond donors (Lipinski definition) is 1. The lowest BCUT2D eigenvalue weighted by Gasteiger charge is -2.31. The molecular weight excluding hydrogens is 416 g/mol. The summed E-state index contributed by atoms with van der Waals surface area (Å²) in [4.78, 5) is 8.00. The van der Waals surface area contributed by atoms with Gasteiger partial charge < -0.3 is 15.2 Å². The van der Waals surface area contributed by atoms with Crippen molar-refractivity contribution in [3.05, 3.63) is 59.7 Å². The summed E-state index contributed by atoms with van der Waals surface area (Å²) in [6.07, 6.45) is -8.53. The molecule has 1 aliphatic rings. The van der Waals surface area contributed by atoms with Gasteiger partial charge in [0.1, 0.15) is 17.8 Å². The highest BCUT2D eigenvalue weighted by molar-refractivity contribution is 5.97. The van der Waals surface area contributed by atoms with Gasteiger partial charge in [0.05, 0.1) is 12.1 Å². The van der Waals surface area contributed by atoms with Crippen molar-refractivity contribution in [3.63, 3.8) is 0 Å². The van der Waals surface area contributed by atoms with Gasteiger partial charge >= 0.3 is 12.7 Å². The first-order valence-electron chi connectivity index (χ1n) is 8.50. The summed E-state index contributed by atoms with van der Waals surface area (Å²) < 4.78 is 83.6. The van der Waals surface area contributed by atoms with E-state index >= 15 is 0 Å². The Morgan fingerprint density at radius 1 is 0.833 bits per heavy atom. The number of benzene rings is 2. The van der Waals surface area contributed by atoms with E-state index in [2.05, 4.69) is 19.5 Å². The van der Waals surface area contributed by atoms with E-state index in [4.69, 9.17) is 5.73 Å². The molecule has 3 rings (SSSR count). The van der Waals surface area contributed by atoms with Gasteiger partial charge in [0.15, 0.2) is 0 Å². The van der Waals surface area contributed by atoms with Crippen molar-refractivity contribution in [1.29, 1.82) is 0 Å². The molecule has 0 amide bonds. The molecule has 0 bridgehead atoms. The summed E-state index contributed by atoms with van der Waals surface area (Å²) in [5.74, 6) is -1.02. The maximum Gasteiger partial charge on any atom is 0.573 e. The fraction of sp³-hybridized carbons (Fsp3) is 0.263. The summed E-state index contributed by atoms with van der Waals surface area (Å²) in [5.41, 5.74) is 5.93. The minimum absolute atomic E-state index is 0.00204. The van der Waals surface area contributed by atoms with Gasteiger partial charge in [0.2, 0.25) is 0 Å². The highest BCUT2D eigenvalue weighted by atomic mass is 19.4. The second-order valence-electron chi connectivity index (χ2n) is 6.45. The molecule has 0 saturated carbocycles. The molecule has 2 aromatic rings. The number of hydrogen-bond acceptors (Lipinski definition) is 5. The largest absolute Gasteiger partial charge is 0.573 e. The smallest absolute Gasteiger partial charge is 0.406 e. The van der Waals surface area contributed by atoms with Crippen LogP contribution in [-0.2, 0) is 5.54 Å². The second kappa shape index (κ2) is 7.98. The van der Waals surface area contributed by atoms with Crippen LogP contribution in [0.1, 0.15) is 17.5 Å². The highest BCUT2D eigenvalue weighted by Gasteiger charge is 2.36. The summed E-state index contributed by atoms with van der Waals surface area (Å²) in [7, 11) is 0. The molecule has 0 saturated heterocycles. The van der Waals surface area contributed by atoms with Crippen LogP contribution in [0.25, 0.3) is 0 Å². The van der Waals surface area contributed by atoms with E-state index in [1.165, 1.54) is 30.6 Å². The van der Waals surface area contributed by atoms with Crippen LogP contribution in [0.15, 0.2) is 58.5 Å². The molecule has 0 fully saturated rings. The van der Waals surface area contributed by atoms with Gasteiger partial charge in [-0.3, -0.25) is 4.99 Å². The second-order valence-corrected chi connectivity index (χ2v) is 6.45. The molecule has 0 aliphatic carbocycles. The van der Waals surface area contributed by atoms with Gasteiger partial charge in [0.25, 0.3) is 0 Å². The van der Waals surface area contributed by atoms with E-state index < -0.39 is 29.8 Å². The van der Waals surface area contributed by atoms with E-state index in [-0.39, 0.29) is 24.1 Å². The van der Waals surface area contributed by atoms with Crippen LogP contribution in [0.3, 0.4) is 0 Å². The molecule has 0 radical (unpaired) electrons. The Balaban J connectivity index is 2.04. The van der Waals surface area contributed by atoms with Crippen LogP contribution in [-0.4, -0.2) is 31.3 Å². The Bertz CT molecular complexity index is 910. The standard InChI is InChI=1S/C19H15F6N3O2/c20-18(21,22)29-15-5-1-3-12(7-15)17(26,9-14-10-27-11-28-14)13-4-2-6-16(8-13)30-19(23,24)25/h1-8,11H,9-10,26H2. The first-order valence-corrected chi connectivity index (χ1v) is 8.50. The maximum absolute atomic E-state index is 12.6. The van der Waals surface area contributed by atoms with Crippen LogP contribution < -0.4 is 15.2 Å². The molecule has 0 spiro atoms. The van der Waals surface area contributed by atoms with E-state index in [1.54, 1.807) is 0 Å². The van der Waals surface area contributed by atoms with E-state index in [0.29, 0.717) is 5.71 Å². The summed E-state index contributed by atoms with van der Waals surface area (Å²) >= 11 is 0. The summed E-state index contributed by atoms with van der Waals surface area (Å²) in [5, 5.41) is 0. The maximum atomic E-state index is 12.6. The molecule has 160 valence electrons. The zero-order chi connectivity index (χ0) is 22.0. The van der Waals surface area contributed by atoms with Gasteiger partial charge in [0, 0.05) is 12.1 Å². The molecule has 1 aliphatic heterocycles. The molecule has 2 N–H and O–H groups in total. The highest BCUT2D eigenvalue weighted by Crippen LogP contribution is 2.36. The fourth-order valence-corrected chi connectivity index (χ4v) is 3.05. The minimum Gasteiger partial charge on any atom is -0.406 e. The molecule has 1 heterocycles. The molecule has 30 heavy (non-hydrogen) atoms. The van der Waals surface area contributed by atoms with Crippen LogP contribution >= 0.6 is 0 Å². The van der Waals surface area contributed by atoms with Crippen LogP contribution in [0.5, 0.6) is 11.5 Å². The Morgan fingerprint density at radius 3 is 1.73 bits per heavy atom. The van der Waals surface area contributed by atoms with Crippen molar-refractivity contribution in [3.8, 4) is 11.5 Å². The van der Waals surface area contributed by atoms with Crippen molar-refractivity contribution >= 4 is 12.1 Å². The number of aliphatic imine (C=N–C) groups is 2. The number of halogens is 6. The average Bonchev–Trinajstić information content (AvgIpc) is 3.12. The Hall–Kier alpha value is -3.08. The van der Waals surface area contributed by atoms with Crippen molar-refractivity contribution in [1.82, 2.24) is 0 Å². The average molecular weight is 431 g/mol. The predicted molar refractivity (Wildman–Crippen MR) is 96.6 cm³/mol. The Kier molecular flexibility index (Phi) is 5.75. The van der Waals surface area contributed by atoms with Gasteiger partial charge in [-0.15, -0.1) is 26.3 Å². The van der Waals surface area contributed by atoms with Gasteiger partial charge in [-0.05, 0) is 35.4 Å². The van der Waals surface area contributed by atoms with Crippen LogP contribution in [0, 0.1) is 0 Å². The third-order valence-corrected chi connectivity index (χ3v) is 4.24. The van der Waals surface area contributed by atoms with E-state index in [1.807, 2.05) is 0 Å². The predicted octanol–water partition coefficient (Wildman–Crippen LogP) is 4.56. The first-order chi connectivity index (χ1) is 13.9. The lowest BCUT2D eigenvalue weighted by molar-refractivity contribution is -0.275. The zero-order valence-corrected chi connectivity index (χ0v) is 15.2.